The van der Waals surface area contributed by atoms with Gasteiger partial charge in [0.1, 0.15) is 0 Å². The van der Waals surface area contributed by atoms with Crippen LogP contribution in [-0.4, -0.2) is 18.0 Å². The molecule has 0 amide bonds. The molecule has 0 saturated carbocycles. The van der Waals surface area contributed by atoms with Gasteiger partial charge in [-0.1, -0.05) is 83.1 Å². The summed E-state index contributed by atoms with van der Waals surface area (Å²) in [5.74, 6) is 0.197. The number of hydrogen-bond donors (Lipinski definition) is 0. The van der Waals surface area contributed by atoms with Crippen molar-refractivity contribution in [1.29, 1.82) is 0 Å². The number of hydrogen-bond acceptors (Lipinski definition) is 2. The molecule has 2 aliphatic rings. The summed E-state index contributed by atoms with van der Waals surface area (Å²) in [7, 11) is 0. The largest absolute Gasteiger partial charge is 0.356 e. The topological polar surface area (TPSA) is 29.6 Å². The van der Waals surface area contributed by atoms with E-state index in [2.05, 4.69) is 83.1 Å². The van der Waals surface area contributed by atoms with Gasteiger partial charge in [-0.3, -0.25) is 4.79 Å². The minimum atomic E-state index is -0.724. The van der Waals surface area contributed by atoms with Crippen LogP contribution in [0.4, 0.5) is 0 Å². The van der Waals surface area contributed by atoms with Gasteiger partial charge in [0.2, 0.25) is 0 Å². The van der Waals surface area contributed by atoms with Gasteiger partial charge in [0, 0.05) is 5.57 Å². The molecule has 1 aliphatic heterocycles. The zero-order valence-electron chi connectivity index (χ0n) is 18.5. The Morgan fingerprint density at radius 2 is 1.00 bits per heavy atom. The number of epoxide rings is 1. The number of ether oxygens (including phenoxy) is 1. The molecule has 25 heavy (non-hydrogen) atoms. The molecule has 1 fully saturated rings. The lowest BCUT2D eigenvalue weighted by Gasteiger charge is -2.47. The number of rotatable bonds is 0. The quantitative estimate of drug-likeness (QED) is 0.495. The normalized spacial score (nSPS) is 26.0. The monoisotopic (exact) mass is 346 g/mol. The maximum absolute atomic E-state index is 13.7. The first-order valence-electron chi connectivity index (χ1n) is 9.55. The van der Waals surface area contributed by atoms with Crippen LogP contribution in [0.5, 0.6) is 0 Å². The summed E-state index contributed by atoms with van der Waals surface area (Å²) in [5, 5.41) is 0. The van der Waals surface area contributed by atoms with Gasteiger partial charge < -0.3 is 4.74 Å². The molecule has 0 aromatic carbocycles. The van der Waals surface area contributed by atoms with Gasteiger partial charge in [-0.05, 0) is 38.4 Å². The van der Waals surface area contributed by atoms with Crippen molar-refractivity contribution < 1.29 is 9.53 Å². The Labute approximate surface area is 155 Å². The zero-order chi connectivity index (χ0) is 19.8. The second-order valence-corrected chi connectivity index (χ2v) is 11.9. The summed E-state index contributed by atoms with van der Waals surface area (Å²) in [6.45, 7) is 27.2. The van der Waals surface area contributed by atoms with Gasteiger partial charge in [-0.25, -0.2) is 0 Å². The molecule has 2 nitrogen and oxygen atoms in total. The first-order valence-corrected chi connectivity index (χ1v) is 9.55. The van der Waals surface area contributed by atoms with E-state index in [1.54, 1.807) is 0 Å². The summed E-state index contributed by atoms with van der Waals surface area (Å²) < 4.78 is 5.96. The molecule has 1 saturated heterocycles. The fraction of sp³-hybridized carbons (Fsp3) is 0.783. The Bertz CT molecular complexity index is 655. The minimum absolute atomic E-state index is 0.0542. The summed E-state index contributed by atoms with van der Waals surface area (Å²) in [6, 6.07) is 0. The van der Waals surface area contributed by atoms with Crippen molar-refractivity contribution >= 4 is 5.78 Å². The van der Waals surface area contributed by atoms with Gasteiger partial charge in [0.05, 0.1) is 6.61 Å². The maximum atomic E-state index is 13.7. The molecule has 0 radical (unpaired) electrons. The highest BCUT2D eigenvalue weighted by Gasteiger charge is 2.64. The molecule has 0 N–H and O–H groups in total. The molecule has 0 aromatic rings. The Balaban J connectivity index is 3.07. The van der Waals surface area contributed by atoms with Crippen molar-refractivity contribution in [3.63, 3.8) is 0 Å². The van der Waals surface area contributed by atoms with Crippen LogP contribution >= 0.6 is 0 Å². The molecule has 2 rings (SSSR count). The predicted octanol–water partition coefficient (Wildman–Crippen LogP) is 6.12. The Kier molecular flexibility index (Phi) is 4.34. The molecule has 142 valence electrons. The number of carbonyl (C=O) groups excluding carboxylic acids is 1. The van der Waals surface area contributed by atoms with Crippen LogP contribution in [0.1, 0.15) is 83.1 Å². The molecule has 1 aliphatic carbocycles. The molecule has 0 aromatic heterocycles. The van der Waals surface area contributed by atoms with Crippen LogP contribution < -0.4 is 0 Å². The number of carbonyl (C=O) groups is 1. The molecular weight excluding hydrogens is 308 g/mol. The van der Waals surface area contributed by atoms with E-state index in [1.807, 2.05) is 0 Å². The third-order valence-electron chi connectivity index (χ3n) is 5.18. The van der Waals surface area contributed by atoms with Crippen molar-refractivity contribution in [2.24, 2.45) is 21.7 Å². The van der Waals surface area contributed by atoms with Gasteiger partial charge >= 0.3 is 0 Å². The van der Waals surface area contributed by atoms with Crippen LogP contribution in [0.25, 0.3) is 0 Å². The summed E-state index contributed by atoms with van der Waals surface area (Å²) >= 11 is 0. The van der Waals surface area contributed by atoms with Crippen LogP contribution in [0.2, 0.25) is 0 Å². The predicted molar refractivity (Wildman–Crippen MR) is 106 cm³/mol. The fourth-order valence-corrected chi connectivity index (χ4v) is 4.42. The number of Topliss-reactive ketones (excluding diaryl/α,β-unsaturated/α-hetero) is 1. The van der Waals surface area contributed by atoms with Crippen LogP contribution in [-0.2, 0) is 9.53 Å². The SMILES string of the molecule is CC(C)(C)C1=C(C(C)(C)C)C(C(C)(C)C)=C(C(C)(C)C)C2(CO2)C1=O. The van der Waals surface area contributed by atoms with E-state index in [4.69, 9.17) is 4.74 Å². The minimum Gasteiger partial charge on any atom is -0.356 e. The Morgan fingerprint density at radius 3 is 1.24 bits per heavy atom. The standard InChI is InChI=1S/C23H38O2/c1-19(2,3)14-15(20(4,5)6)17(22(10,11)12)23(13-25-23)18(24)16(14)21(7,8)9/h13H2,1-12H3. The van der Waals surface area contributed by atoms with E-state index in [0.717, 1.165) is 5.57 Å². The van der Waals surface area contributed by atoms with Gasteiger partial charge in [0.25, 0.3) is 0 Å². The number of ketones is 1. The highest BCUT2D eigenvalue weighted by atomic mass is 16.6. The first-order chi connectivity index (χ1) is 10.8. The lowest BCUT2D eigenvalue weighted by molar-refractivity contribution is -0.121. The Morgan fingerprint density at radius 1 is 0.640 bits per heavy atom. The van der Waals surface area contributed by atoms with Gasteiger partial charge in [-0.2, -0.15) is 0 Å². The first kappa shape index (κ1) is 20.4. The molecule has 1 unspecified atom stereocenters. The van der Waals surface area contributed by atoms with Crippen LogP contribution in [0, 0.1) is 21.7 Å². The highest BCUT2D eigenvalue weighted by molar-refractivity contribution is 6.10. The van der Waals surface area contributed by atoms with Crippen molar-refractivity contribution in [1.82, 2.24) is 0 Å². The zero-order valence-corrected chi connectivity index (χ0v) is 18.5. The van der Waals surface area contributed by atoms with E-state index in [-0.39, 0.29) is 27.4 Å². The summed E-state index contributed by atoms with van der Waals surface area (Å²) in [5.41, 5.74) is 3.55. The fourth-order valence-electron chi connectivity index (χ4n) is 4.42. The second kappa shape index (κ2) is 5.31. The third-order valence-corrected chi connectivity index (χ3v) is 5.18. The Hall–Kier alpha value is -0.890. The van der Waals surface area contributed by atoms with Gasteiger partial charge in [0.15, 0.2) is 11.4 Å². The lowest BCUT2D eigenvalue weighted by atomic mass is 9.56. The van der Waals surface area contributed by atoms with E-state index in [9.17, 15) is 4.79 Å². The van der Waals surface area contributed by atoms with Crippen LogP contribution in [0.3, 0.4) is 0 Å². The van der Waals surface area contributed by atoms with Crippen molar-refractivity contribution in [2.75, 3.05) is 6.61 Å². The van der Waals surface area contributed by atoms with E-state index in [1.165, 1.54) is 16.7 Å². The van der Waals surface area contributed by atoms with E-state index < -0.39 is 5.60 Å². The number of allylic oxidation sites excluding steroid dienone is 2. The highest BCUT2D eigenvalue weighted by Crippen LogP contribution is 2.60. The third kappa shape index (κ3) is 3.27. The summed E-state index contributed by atoms with van der Waals surface area (Å²) in [6.07, 6.45) is 0. The van der Waals surface area contributed by atoms with Gasteiger partial charge in [-0.15, -0.1) is 0 Å². The van der Waals surface area contributed by atoms with Crippen molar-refractivity contribution in [3.05, 3.63) is 22.3 Å². The molecular formula is C23H38O2. The molecule has 1 heterocycles. The average Bonchev–Trinajstić information content (AvgIpc) is 3.06. The van der Waals surface area contributed by atoms with Crippen molar-refractivity contribution in [2.45, 2.75) is 88.7 Å². The van der Waals surface area contributed by atoms with Crippen LogP contribution in [0.15, 0.2) is 22.3 Å². The molecule has 1 spiro atoms. The average molecular weight is 347 g/mol. The molecule has 1 atom stereocenters. The van der Waals surface area contributed by atoms with Crippen molar-refractivity contribution in [3.8, 4) is 0 Å². The smallest absolute Gasteiger partial charge is 0.198 e. The second-order valence-electron chi connectivity index (χ2n) is 11.9. The summed E-state index contributed by atoms with van der Waals surface area (Å²) in [4.78, 5) is 13.7. The molecule has 0 bridgehead atoms. The maximum Gasteiger partial charge on any atom is 0.198 e. The van der Waals surface area contributed by atoms with E-state index in [0.29, 0.717) is 6.61 Å². The lowest BCUT2D eigenvalue weighted by Crippen LogP contribution is -2.46. The van der Waals surface area contributed by atoms with E-state index >= 15 is 0 Å². The molecule has 2 heteroatoms.